The van der Waals surface area contributed by atoms with E-state index in [0.717, 1.165) is 23.1 Å². The molecule has 0 spiro atoms. The average molecular weight is 354 g/mol. The maximum atomic E-state index is 3.50. The quantitative estimate of drug-likeness (QED) is 0.684. The number of rotatable bonds is 2. The van der Waals surface area contributed by atoms with E-state index in [1.807, 2.05) is 12.1 Å². The van der Waals surface area contributed by atoms with Crippen molar-refractivity contribution in [3.05, 3.63) is 70.2 Å². The van der Waals surface area contributed by atoms with Crippen LogP contribution in [0.4, 0.5) is 0 Å². The Morgan fingerprint density at radius 2 is 1.55 bits per heavy atom. The van der Waals surface area contributed by atoms with E-state index in [9.17, 15) is 0 Å². The third kappa shape index (κ3) is 4.00. The van der Waals surface area contributed by atoms with Crippen molar-refractivity contribution in [2.24, 2.45) is 0 Å². The number of benzene rings is 2. The molecular weight excluding hydrogens is 334 g/mol. The monoisotopic (exact) mass is 353 g/mol. The fourth-order valence-electron chi connectivity index (χ4n) is 2.88. The Labute approximate surface area is 141 Å². The van der Waals surface area contributed by atoms with Crippen LogP contribution >= 0.6 is 15.9 Å². The molecule has 0 radical (unpaired) electrons. The van der Waals surface area contributed by atoms with Gasteiger partial charge in [-0.1, -0.05) is 64.5 Å². The first-order valence-electron chi connectivity index (χ1n) is 7.89. The van der Waals surface area contributed by atoms with E-state index >= 15 is 0 Å². The van der Waals surface area contributed by atoms with E-state index in [2.05, 4.69) is 75.1 Å². The van der Waals surface area contributed by atoms with Crippen molar-refractivity contribution in [1.29, 1.82) is 0 Å². The molecule has 1 aliphatic heterocycles. The third-order valence-electron chi connectivity index (χ3n) is 4.07. The molecule has 1 unspecified atom stereocenters. The highest BCUT2D eigenvalue weighted by Gasteiger charge is 2.20. The van der Waals surface area contributed by atoms with Gasteiger partial charge in [0.15, 0.2) is 0 Å². The molecule has 0 bridgehead atoms. The summed E-state index contributed by atoms with van der Waals surface area (Å²) in [6.45, 7) is 2.29. The van der Waals surface area contributed by atoms with Gasteiger partial charge in [-0.05, 0) is 55.8 Å². The summed E-state index contributed by atoms with van der Waals surface area (Å²) in [5.41, 5.74) is 2.37. The molecule has 22 heavy (non-hydrogen) atoms. The number of hydrogen-bond donors (Lipinski definition) is 0. The molecule has 112 valence electrons. The molecule has 1 nitrogen and oxygen atoms in total. The van der Waals surface area contributed by atoms with Gasteiger partial charge in [-0.25, -0.2) is 0 Å². The van der Waals surface area contributed by atoms with Crippen LogP contribution in [0.2, 0.25) is 0 Å². The number of halogens is 1. The lowest BCUT2D eigenvalue weighted by Crippen LogP contribution is -2.33. The van der Waals surface area contributed by atoms with Gasteiger partial charge in [0.2, 0.25) is 0 Å². The number of hydrogen-bond acceptors (Lipinski definition) is 1. The first kappa shape index (κ1) is 15.3. The highest BCUT2D eigenvalue weighted by Crippen LogP contribution is 2.24. The van der Waals surface area contributed by atoms with E-state index in [0.29, 0.717) is 0 Å². The van der Waals surface area contributed by atoms with Crippen LogP contribution in [0.3, 0.4) is 0 Å². The zero-order chi connectivity index (χ0) is 15.2. The zero-order valence-electron chi connectivity index (χ0n) is 12.6. The molecule has 1 fully saturated rings. The van der Waals surface area contributed by atoms with Gasteiger partial charge in [-0.2, -0.15) is 0 Å². The Hall–Kier alpha value is -1.56. The predicted molar refractivity (Wildman–Crippen MR) is 95.6 cm³/mol. The molecule has 2 heteroatoms. The molecule has 0 amide bonds. The minimum absolute atomic E-state index is 0.199. The van der Waals surface area contributed by atoms with Gasteiger partial charge in [0, 0.05) is 10.0 Å². The van der Waals surface area contributed by atoms with Gasteiger partial charge < -0.3 is 0 Å². The van der Waals surface area contributed by atoms with E-state index in [4.69, 9.17) is 0 Å². The molecule has 3 rings (SSSR count). The fourth-order valence-corrected chi connectivity index (χ4v) is 3.15. The summed E-state index contributed by atoms with van der Waals surface area (Å²) in [4.78, 5) is 2.52. The Morgan fingerprint density at radius 3 is 2.23 bits per heavy atom. The van der Waals surface area contributed by atoms with Crippen LogP contribution in [0.1, 0.15) is 36.4 Å². The summed E-state index contributed by atoms with van der Waals surface area (Å²) >= 11 is 3.47. The molecule has 1 heterocycles. The van der Waals surface area contributed by atoms with Crippen molar-refractivity contribution in [1.82, 2.24) is 4.90 Å². The average Bonchev–Trinajstić information content (AvgIpc) is 2.59. The number of nitrogens with zero attached hydrogens (tertiary/aromatic N) is 1. The van der Waals surface area contributed by atoms with Crippen LogP contribution in [0.5, 0.6) is 0 Å². The van der Waals surface area contributed by atoms with Crippen molar-refractivity contribution in [2.75, 3.05) is 13.1 Å². The first-order chi connectivity index (χ1) is 10.8. The van der Waals surface area contributed by atoms with E-state index in [-0.39, 0.29) is 6.04 Å². The summed E-state index contributed by atoms with van der Waals surface area (Å²) < 4.78 is 1.09. The molecule has 1 aliphatic rings. The highest BCUT2D eigenvalue weighted by atomic mass is 79.9. The molecule has 0 aliphatic carbocycles. The lowest BCUT2D eigenvalue weighted by atomic mass is 10.0. The van der Waals surface area contributed by atoms with Crippen LogP contribution in [-0.4, -0.2) is 18.0 Å². The Balaban J connectivity index is 1.87. The molecule has 1 atom stereocenters. The maximum absolute atomic E-state index is 3.50. The third-order valence-corrected chi connectivity index (χ3v) is 4.60. The summed E-state index contributed by atoms with van der Waals surface area (Å²) in [6, 6.07) is 19.1. The standard InChI is InChI=1S/C20H20BrN/c21-19-12-9-17(10-13-19)11-14-20(18-7-3-1-4-8-18)22-15-5-2-6-16-22/h1,3-4,7-10,12-13,20H,2,5-6,15-16H2. The molecular formula is C20H20BrN. The maximum Gasteiger partial charge on any atom is 0.0974 e. The molecule has 1 saturated heterocycles. The van der Waals surface area contributed by atoms with E-state index in [1.54, 1.807) is 0 Å². The second-order valence-electron chi connectivity index (χ2n) is 5.69. The van der Waals surface area contributed by atoms with Gasteiger partial charge in [0.25, 0.3) is 0 Å². The van der Waals surface area contributed by atoms with Crippen molar-refractivity contribution < 1.29 is 0 Å². The minimum atomic E-state index is 0.199. The van der Waals surface area contributed by atoms with Gasteiger partial charge in [0.1, 0.15) is 0 Å². The van der Waals surface area contributed by atoms with E-state index in [1.165, 1.54) is 24.8 Å². The topological polar surface area (TPSA) is 3.24 Å². The summed E-state index contributed by atoms with van der Waals surface area (Å²) in [7, 11) is 0. The normalized spacial score (nSPS) is 16.6. The molecule has 0 aromatic heterocycles. The van der Waals surface area contributed by atoms with Gasteiger partial charge in [-0.3, -0.25) is 4.90 Å². The van der Waals surface area contributed by atoms with Gasteiger partial charge in [0.05, 0.1) is 6.04 Å². The van der Waals surface area contributed by atoms with Gasteiger partial charge >= 0.3 is 0 Å². The fraction of sp³-hybridized carbons (Fsp3) is 0.300. The SMILES string of the molecule is Brc1ccc(C#CC(c2ccccc2)N2CCCCC2)cc1. The van der Waals surface area contributed by atoms with E-state index < -0.39 is 0 Å². The van der Waals surface area contributed by atoms with Crippen molar-refractivity contribution in [3.8, 4) is 11.8 Å². The zero-order valence-corrected chi connectivity index (χ0v) is 14.2. The van der Waals surface area contributed by atoms with Crippen LogP contribution < -0.4 is 0 Å². The smallest absolute Gasteiger partial charge is 0.0974 e. The first-order valence-corrected chi connectivity index (χ1v) is 8.68. The second kappa shape index (κ2) is 7.63. The summed E-state index contributed by atoms with van der Waals surface area (Å²) in [5, 5.41) is 0. The predicted octanol–water partition coefficient (Wildman–Crippen LogP) is 5.03. The van der Waals surface area contributed by atoms with Crippen molar-refractivity contribution >= 4 is 15.9 Å². The number of piperidine rings is 1. The highest BCUT2D eigenvalue weighted by molar-refractivity contribution is 9.10. The largest absolute Gasteiger partial charge is 0.286 e. The minimum Gasteiger partial charge on any atom is -0.286 e. The summed E-state index contributed by atoms with van der Waals surface area (Å²) in [6.07, 6.45) is 3.91. The lowest BCUT2D eigenvalue weighted by molar-refractivity contribution is 0.197. The van der Waals surface area contributed by atoms with Crippen LogP contribution in [0.25, 0.3) is 0 Å². The molecule has 0 N–H and O–H groups in total. The Bertz CT molecular complexity index is 646. The van der Waals surface area contributed by atoms with Crippen LogP contribution in [0, 0.1) is 11.8 Å². The van der Waals surface area contributed by atoms with Crippen molar-refractivity contribution in [2.45, 2.75) is 25.3 Å². The Kier molecular flexibility index (Phi) is 5.32. The van der Waals surface area contributed by atoms with Crippen LogP contribution in [0.15, 0.2) is 59.1 Å². The van der Waals surface area contributed by atoms with Crippen molar-refractivity contribution in [3.63, 3.8) is 0 Å². The molecule has 2 aromatic rings. The Morgan fingerprint density at radius 1 is 0.864 bits per heavy atom. The number of likely N-dealkylation sites (tertiary alicyclic amines) is 1. The molecule has 0 saturated carbocycles. The van der Waals surface area contributed by atoms with Crippen LogP contribution in [-0.2, 0) is 0 Å². The van der Waals surface area contributed by atoms with Gasteiger partial charge in [-0.15, -0.1) is 0 Å². The molecule has 2 aromatic carbocycles. The second-order valence-corrected chi connectivity index (χ2v) is 6.60. The summed E-state index contributed by atoms with van der Waals surface area (Å²) in [5.74, 6) is 6.86. The lowest BCUT2D eigenvalue weighted by Gasteiger charge is -2.31.